The van der Waals surface area contributed by atoms with Gasteiger partial charge in [-0.1, -0.05) is 32.9 Å². The molecular weight excluding hydrogens is 396 g/mol. The average Bonchev–Trinajstić information content (AvgIpc) is 3.51. The zero-order valence-electron chi connectivity index (χ0n) is 17.5. The summed E-state index contributed by atoms with van der Waals surface area (Å²) in [4.78, 5) is 4.41. The van der Waals surface area contributed by atoms with Crippen LogP contribution >= 0.6 is 0 Å². The first-order valence-electron chi connectivity index (χ1n) is 10.1. The predicted octanol–water partition coefficient (Wildman–Crippen LogP) is 4.20. The number of fused-ring (bicyclic) bond motifs is 1. The first-order chi connectivity index (χ1) is 14.2. The zero-order valence-corrected chi connectivity index (χ0v) is 18.3. The van der Waals surface area contributed by atoms with Crippen LogP contribution in [0.2, 0.25) is 0 Å². The molecule has 0 unspecified atom stereocenters. The summed E-state index contributed by atoms with van der Waals surface area (Å²) < 4.78 is 29.5. The van der Waals surface area contributed by atoms with E-state index in [9.17, 15) is 13.7 Å². The molecule has 30 heavy (non-hydrogen) atoms. The molecule has 4 rings (SSSR count). The molecule has 0 saturated heterocycles. The molecule has 1 saturated carbocycles. The third-order valence-electron chi connectivity index (χ3n) is 5.24. The van der Waals surface area contributed by atoms with Crippen LogP contribution in [-0.4, -0.2) is 23.2 Å². The fourth-order valence-corrected chi connectivity index (χ4v) is 5.05. The molecule has 3 aromatic rings. The predicted molar refractivity (Wildman–Crippen MR) is 118 cm³/mol. The normalized spacial score (nSPS) is 14.7. The van der Waals surface area contributed by atoms with Crippen molar-refractivity contribution < 1.29 is 8.42 Å². The van der Waals surface area contributed by atoms with Gasteiger partial charge >= 0.3 is 0 Å². The highest BCUT2D eigenvalue weighted by Gasteiger charge is 2.35. The van der Waals surface area contributed by atoms with Crippen LogP contribution in [0, 0.1) is 16.7 Å². The second-order valence-corrected chi connectivity index (χ2v) is 11.2. The summed E-state index contributed by atoms with van der Waals surface area (Å²) >= 11 is 0. The van der Waals surface area contributed by atoms with Gasteiger partial charge in [0.15, 0.2) is 0 Å². The average molecular weight is 423 g/mol. The molecule has 0 amide bonds. The van der Waals surface area contributed by atoms with Crippen LogP contribution in [0.1, 0.15) is 44.7 Å². The topological polar surface area (TPSA) is 87.8 Å². The fraction of sp³-hybridized carbons (Fsp3) is 0.391. The minimum atomic E-state index is -3.25. The molecule has 0 aliphatic heterocycles. The number of nitriles is 1. The third-order valence-corrected chi connectivity index (χ3v) is 7.13. The van der Waals surface area contributed by atoms with Crippen molar-refractivity contribution in [3.05, 3.63) is 53.9 Å². The van der Waals surface area contributed by atoms with Crippen LogP contribution in [0.5, 0.6) is 0 Å². The van der Waals surface area contributed by atoms with Gasteiger partial charge in [-0.25, -0.2) is 13.1 Å². The molecule has 2 heterocycles. The Labute approximate surface area is 177 Å². The van der Waals surface area contributed by atoms with Crippen molar-refractivity contribution >= 4 is 20.9 Å². The molecule has 1 aliphatic rings. The van der Waals surface area contributed by atoms with Gasteiger partial charge in [0.1, 0.15) is 6.07 Å². The maximum Gasteiger partial charge on any atom is 0.214 e. The number of pyridine rings is 1. The van der Waals surface area contributed by atoms with E-state index in [0.29, 0.717) is 11.3 Å². The molecule has 2 aromatic heterocycles. The first kappa shape index (κ1) is 20.6. The standard InChI is InChI=1S/C23H26N4O2S/c1-23(2,3)15-27-14-18(13-26-30(28,29)19-7-8-19)20-9-6-16(11-21(20)27)22-17(12-24)5-4-10-25-22/h4-6,9-11,14,19,26H,7-8,13,15H2,1-3H3. The molecular formula is C23H26N4O2S. The number of hydrogen-bond acceptors (Lipinski definition) is 4. The number of aromatic nitrogens is 2. The first-order valence-corrected chi connectivity index (χ1v) is 11.7. The van der Waals surface area contributed by atoms with Gasteiger partial charge < -0.3 is 4.57 Å². The molecule has 6 nitrogen and oxygen atoms in total. The van der Waals surface area contributed by atoms with Crippen molar-refractivity contribution in [2.24, 2.45) is 5.41 Å². The van der Waals surface area contributed by atoms with Crippen LogP contribution in [0.3, 0.4) is 0 Å². The number of benzene rings is 1. The molecule has 0 atom stereocenters. The SMILES string of the molecule is CC(C)(C)Cn1cc(CNS(=O)(=O)C2CC2)c2ccc(-c3ncccc3C#N)cc21. The lowest BCUT2D eigenvalue weighted by Crippen LogP contribution is -2.26. The van der Waals surface area contributed by atoms with Crippen LogP contribution in [0.15, 0.2) is 42.7 Å². The Morgan fingerprint density at radius 3 is 2.70 bits per heavy atom. The lowest BCUT2D eigenvalue weighted by molar-refractivity contribution is 0.349. The van der Waals surface area contributed by atoms with Crippen molar-refractivity contribution in [3.8, 4) is 17.3 Å². The van der Waals surface area contributed by atoms with E-state index in [-0.39, 0.29) is 17.2 Å². The summed E-state index contributed by atoms with van der Waals surface area (Å²) in [5.74, 6) is 0. The highest BCUT2D eigenvalue weighted by Crippen LogP contribution is 2.32. The number of nitrogens with zero attached hydrogens (tertiary/aromatic N) is 3. The van der Waals surface area contributed by atoms with Crippen molar-refractivity contribution in [1.82, 2.24) is 14.3 Å². The monoisotopic (exact) mass is 422 g/mol. The van der Waals surface area contributed by atoms with Crippen LogP contribution in [-0.2, 0) is 23.1 Å². The molecule has 7 heteroatoms. The summed E-state index contributed by atoms with van der Waals surface area (Å²) in [5, 5.41) is 10.2. The maximum absolute atomic E-state index is 12.3. The number of hydrogen-bond donors (Lipinski definition) is 1. The minimum Gasteiger partial charge on any atom is -0.347 e. The largest absolute Gasteiger partial charge is 0.347 e. The van der Waals surface area contributed by atoms with E-state index in [4.69, 9.17) is 0 Å². The van der Waals surface area contributed by atoms with Crippen molar-refractivity contribution in [2.75, 3.05) is 0 Å². The van der Waals surface area contributed by atoms with Crippen molar-refractivity contribution in [3.63, 3.8) is 0 Å². The smallest absolute Gasteiger partial charge is 0.214 e. The van der Waals surface area contributed by atoms with Gasteiger partial charge in [-0.15, -0.1) is 0 Å². The van der Waals surface area contributed by atoms with Gasteiger partial charge in [0.05, 0.1) is 16.5 Å². The molecule has 1 fully saturated rings. The fourth-order valence-electron chi connectivity index (χ4n) is 3.70. The Morgan fingerprint density at radius 1 is 1.27 bits per heavy atom. The van der Waals surface area contributed by atoms with Crippen molar-refractivity contribution in [1.29, 1.82) is 5.26 Å². The number of rotatable bonds is 6. The van der Waals surface area contributed by atoms with Crippen LogP contribution < -0.4 is 4.72 Å². The zero-order chi connectivity index (χ0) is 21.5. The molecule has 0 radical (unpaired) electrons. The minimum absolute atomic E-state index is 0.0511. The Bertz CT molecular complexity index is 1240. The van der Waals surface area contributed by atoms with Gasteiger partial charge in [-0.3, -0.25) is 4.98 Å². The highest BCUT2D eigenvalue weighted by molar-refractivity contribution is 7.90. The lowest BCUT2D eigenvalue weighted by atomic mass is 9.97. The summed E-state index contributed by atoms with van der Waals surface area (Å²) in [6.45, 7) is 7.58. The number of sulfonamides is 1. The summed E-state index contributed by atoms with van der Waals surface area (Å²) in [6, 6.07) is 11.7. The second kappa shape index (κ2) is 7.53. The lowest BCUT2D eigenvalue weighted by Gasteiger charge is -2.20. The maximum atomic E-state index is 12.3. The van der Waals surface area contributed by atoms with Crippen molar-refractivity contribution in [2.45, 2.75) is 52.0 Å². The Hall–Kier alpha value is -2.69. The van der Waals surface area contributed by atoms with E-state index < -0.39 is 10.0 Å². The molecule has 1 aliphatic carbocycles. The summed E-state index contributed by atoms with van der Waals surface area (Å²) in [5.41, 5.74) is 4.07. The Kier molecular flexibility index (Phi) is 5.16. The Balaban J connectivity index is 1.77. The number of nitrogens with one attached hydrogen (secondary N) is 1. The van der Waals surface area contributed by atoms with E-state index in [1.165, 1.54) is 0 Å². The van der Waals surface area contributed by atoms with E-state index in [0.717, 1.165) is 41.4 Å². The molecule has 0 bridgehead atoms. The van der Waals surface area contributed by atoms with E-state index in [1.807, 2.05) is 24.4 Å². The van der Waals surface area contributed by atoms with E-state index >= 15 is 0 Å². The molecule has 156 valence electrons. The molecule has 1 N–H and O–H groups in total. The Morgan fingerprint density at radius 2 is 2.03 bits per heavy atom. The second-order valence-electron chi connectivity index (χ2n) is 9.15. The van der Waals surface area contributed by atoms with E-state index in [1.54, 1.807) is 18.3 Å². The van der Waals surface area contributed by atoms with Gasteiger partial charge in [0.2, 0.25) is 10.0 Å². The van der Waals surface area contributed by atoms with Gasteiger partial charge in [0.25, 0.3) is 0 Å². The van der Waals surface area contributed by atoms with Crippen LogP contribution in [0.25, 0.3) is 22.2 Å². The van der Waals surface area contributed by atoms with Gasteiger partial charge in [-0.05, 0) is 42.0 Å². The summed E-state index contributed by atoms with van der Waals surface area (Å²) in [6.07, 6.45) is 5.22. The van der Waals surface area contributed by atoms with Gasteiger partial charge in [0, 0.05) is 41.9 Å². The molecule has 0 spiro atoms. The molecule has 1 aromatic carbocycles. The van der Waals surface area contributed by atoms with E-state index in [2.05, 4.69) is 41.1 Å². The summed E-state index contributed by atoms with van der Waals surface area (Å²) in [7, 11) is -3.25. The quantitative estimate of drug-likeness (QED) is 0.645. The third kappa shape index (κ3) is 4.25. The highest BCUT2D eigenvalue weighted by atomic mass is 32.2. The van der Waals surface area contributed by atoms with Crippen LogP contribution in [0.4, 0.5) is 0 Å². The van der Waals surface area contributed by atoms with Gasteiger partial charge in [-0.2, -0.15) is 5.26 Å².